The van der Waals surface area contributed by atoms with Crippen LogP contribution in [0.4, 0.5) is 5.69 Å². The Balaban J connectivity index is 1.78. The van der Waals surface area contributed by atoms with Crippen molar-refractivity contribution in [3.8, 4) is 5.75 Å². The molecule has 0 spiro atoms. The fourth-order valence-electron chi connectivity index (χ4n) is 5.23. The van der Waals surface area contributed by atoms with Crippen LogP contribution in [0.5, 0.6) is 5.75 Å². The van der Waals surface area contributed by atoms with Crippen molar-refractivity contribution < 1.29 is 14.3 Å². The largest absolute Gasteiger partial charge is 0.495 e. The number of carbonyl (C=O) groups excluding carboxylic acids is 2. The molecule has 7 heteroatoms. The zero-order valence-corrected chi connectivity index (χ0v) is 22.0. The second kappa shape index (κ2) is 11.4. The summed E-state index contributed by atoms with van der Waals surface area (Å²) in [5, 5.41) is 6.59. The van der Waals surface area contributed by atoms with E-state index in [0.717, 1.165) is 45.1 Å². The summed E-state index contributed by atoms with van der Waals surface area (Å²) in [5.41, 5.74) is 2.49. The van der Waals surface area contributed by atoms with Crippen molar-refractivity contribution in [2.75, 3.05) is 18.6 Å². The van der Waals surface area contributed by atoms with Crippen molar-refractivity contribution in [2.24, 2.45) is 0 Å². The van der Waals surface area contributed by atoms with Gasteiger partial charge in [0.1, 0.15) is 11.8 Å². The number of benzene rings is 1. The molecule has 2 aromatic rings. The second-order valence-corrected chi connectivity index (χ2v) is 11.1. The number of rotatable bonds is 7. The molecule has 2 amide bonds. The van der Waals surface area contributed by atoms with Crippen LogP contribution in [-0.4, -0.2) is 42.5 Å². The Hall–Kier alpha value is -2.93. The Morgan fingerprint density at radius 2 is 1.78 bits per heavy atom. The van der Waals surface area contributed by atoms with E-state index < -0.39 is 6.04 Å². The molecule has 1 aromatic heterocycles. The summed E-state index contributed by atoms with van der Waals surface area (Å²) in [7, 11) is 1.58. The first kappa shape index (κ1) is 26.1. The highest BCUT2D eigenvalue weighted by molar-refractivity contribution is 6.04. The number of pyridine rings is 1. The van der Waals surface area contributed by atoms with Crippen LogP contribution >= 0.6 is 0 Å². The lowest BCUT2D eigenvalue weighted by Gasteiger charge is -2.35. The quantitative estimate of drug-likeness (QED) is 0.587. The van der Waals surface area contributed by atoms with Crippen LogP contribution in [0.1, 0.15) is 82.9 Å². The molecule has 1 aromatic carbocycles. The molecule has 4 rings (SSSR count). The highest BCUT2D eigenvalue weighted by atomic mass is 16.5. The number of methoxy groups -OCH3 is 1. The minimum absolute atomic E-state index is 0.0190. The average molecular weight is 493 g/mol. The fourth-order valence-corrected chi connectivity index (χ4v) is 5.23. The summed E-state index contributed by atoms with van der Waals surface area (Å²) in [6.45, 7) is 7.29. The van der Waals surface area contributed by atoms with Crippen molar-refractivity contribution in [2.45, 2.75) is 89.3 Å². The molecule has 2 atom stereocenters. The first-order valence-electron chi connectivity index (χ1n) is 13.2. The second-order valence-electron chi connectivity index (χ2n) is 11.1. The molecular weight excluding hydrogens is 452 g/mol. The number of aromatic nitrogens is 1. The lowest BCUT2D eigenvalue weighted by molar-refractivity contribution is -0.128. The minimum Gasteiger partial charge on any atom is -0.495 e. The van der Waals surface area contributed by atoms with E-state index in [4.69, 9.17) is 4.74 Å². The van der Waals surface area contributed by atoms with Gasteiger partial charge in [-0.2, -0.15) is 0 Å². The Labute approximate surface area is 215 Å². The van der Waals surface area contributed by atoms with E-state index in [2.05, 4.69) is 48.5 Å². The fraction of sp³-hybridized carbons (Fsp3) is 0.552. The Kier molecular flexibility index (Phi) is 8.29. The van der Waals surface area contributed by atoms with E-state index in [0.29, 0.717) is 17.0 Å². The third kappa shape index (κ3) is 6.06. The third-order valence-electron chi connectivity index (χ3n) is 7.35. The lowest BCUT2D eigenvalue weighted by atomic mass is 9.87. The highest BCUT2D eigenvalue weighted by Gasteiger charge is 2.38. The van der Waals surface area contributed by atoms with Crippen LogP contribution in [0, 0.1) is 0 Å². The number of nitrogens with zero attached hydrogens (tertiary/aromatic N) is 2. The van der Waals surface area contributed by atoms with Crippen LogP contribution in [0.25, 0.3) is 0 Å². The van der Waals surface area contributed by atoms with Crippen LogP contribution in [0.3, 0.4) is 0 Å². The summed E-state index contributed by atoms with van der Waals surface area (Å²) in [4.78, 5) is 34.0. The van der Waals surface area contributed by atoms with Crippen molar-refractivity contribution in [3.63, 3.8) is 0 Å². The standard InChI is InChI=1S/C29H40N4O3/c1-29(2,3)21-12-14-23(15-13-21)33(28(35)25-11-8-16-31-25)26(20-17-24(36-4)19-30-18-20)27(34)32-22-9-6-5-7-10-22/h12-15,17-19,22,25-26,31H,5-11,16H2,1-4H3,(H,32,34). The maximum absolute atomic E-state index is 14.0. The smallest absolute Gasteiger partial charge is 0.248 e. The molecule has 0 bridgehead atoms. The summed E-state index contributed by atoms with van der Waals surface area (Å²) in [6.07, 6.45) is 10.3. The van der Waals surface area contributed by atoms with Gasteiger partial charge >= 0.3 is 0 Å². The minimum atomic E-state index is -0.857. The molecule has 2 aliphatic rings. The number of ether oxygens (including phenoxy) is 1. The number of carbonyl (C=O) groups is 2. The van der Waals surface area contributed by atoms with E-state index in [1.54, 1.807) is 24.4 Å². The van der Waals surface area contributed by atoms with E-state index in [1.807, 2.05) is 18.2 Å². The number of amides is 2. The molecule has 1 saturated carbocycles. The van der Waals surface area contributed by atoms with Crippen LogP contribution in [-0.2, 0) is 15.0 Å². The first-order valence-corrected chi connectivity index (χ1v) is 13.2. The van der Waals surface area contributed by atoms with Crippen LogP contribution in [0.2, 0.25) is 0 Å². The topological polar surface area (TPSA) is 83.6 Å². The monoisotopic (exact) mass is 492 g/mol. The summed E-state index contributed by atoms with van der Waals surface area (Å²) < 4.78 is 5.42. The summed E-state index contributed by atoms with van der Waals surface area (Å²) in [6, 6.07) is 8.78. The van der Waals surface area contributed by atoms with Gasteiger partial charge in [0.25, 0.3) is 0 Å². The van der Waals surface area contributed by atoms with Gasteiger partial charge in [0.05, 0.1) is 19.3 Å². The van der Waals surface area contributed by atoms with Gasteiger partial charge in [-0.3, -0.25) is 19.5 Å². The molecule has 1 saturated heterocycles. The molecule has 7 nitrogen and oxygen atoms in total. The molecule has 1 aliphatic heterocycles. The van der Waals surface area contributed by atoms with E-state index >= 15 is 0 Å². The summed E-state index contributed by atoms with van der Waals surface area (Å²) in [5.74, 6) is 0.281. The normalized spacial score (nSPS) is 19.5. The van der Waals surface area contributed by atoms with Gasteiger partial charge in [0.2, 0.25) is 11.8 Å². The van der Waals surface area contributed by atoms with Crippen LogP contribution < -0.4 is 20.3 Å². The maximum Gasteiger partial charge on any atom is 0.248 e. The Morgan fingerprint density at radius 3 is 2.39 bits per heavy atom. The van der Waals surface area contributed by atoms with Crippen molar-refractivity contribution in [1.82, 2.24) is 15.6 Å². The van der Waals surface area contributed by atoms with Gasteiger partial charge in [-0.1, -0.05) is 52.2 Å². The third-order valence-corrected chi connectivity index (χ3v) is 7.35. The molecule has 2 heterocycles. The maximum atomic E-state index is 14.0. The SMILES string of the molecule is COc1cncc(C(C(=O)NC2CCCCC2)N(C(=O)C2CCCN2)c2ccc(C(C)(C)C)cc2)c1. The van der Waals surface area contributed by atoms with Crippen molar-refractivity contribution in [1.29, 1.82) is 0 Å². The molecule has 0 radical (unpaired) electrons. The van der Waals surface area contributed by atoms with E-state index in [-0.39, 0.29) is 29.3 Å². The molecule has 194 valence electrons. The van der Waals surface area contributed by atoms with E-state index in [9.17, 15) is 9.59 Å². The molecule has 2 unspecified atom stereocenters. The lowest BCUT2D eigenvalue weighted by Crippen LogP contribution is -2.51. The molecule has 36 heavy (non-hydrogen) atoms. The zero-order chi connectivity index (χ0) is 25.7. The Morgan fingerprint density at radius 1 is 1.06 bits per heavy atom. The number of hydrogen-bond acceptors (Lipinski definition) is 5. The number of anilines is 1. The van der Waals surface area contributed by atoms with Gasteiger partial charge in [0, 0.05) is 23.5 Å². The highest BCUT2D eigenvalue weighted by Crippen LogP contribution is 2.33. The van der Waals surface area contributed by atoms with E-state index in [1.165, 1.54) is 12.0 Å². The van der Waals surface area contributed by atoms with Crippen molar-refractivity contribution in [3.05, 3.63) is 53.9 Å². The first-order chi connectivity index (χ1) is 17.3. The van der Waals surface area contributed by atoms with Gasteiger partial charge in [-0.25, -0.2) is 0 Å². The molecule has 2 N–H and O–H groups in total. The summed E-state index contributed by atoms with van der Waals surface area (Å²) >= 11 is 0. The zero-order valence-electron chi connectivity index (χ0n) is 22.0. The molecule has 2 fully saturated rings. The Bertz CT molecular complexity index is 1040. The molecular formula is C29H40N4O3. The number of nitrogens with one attached hydrogen (secondary N) is 2. The van der Waals surface area contributed by atoms with Gasteiger partial charge in [-0.05, 0) is 61.4 Å². The molecule has 1 aliphatic carbocycles. The predicted molar refractivity (Wildman–Crippen MR) is 142 cm³/mol. The van der Waals surface area contributed by atoms with Crippen molar-refractivity contribution >= 4 is 17.5 Å². The van der Waals surface area contributed by atoms with Gasteiger partial charge < -0.3 is 15.4 Å². The van der Waals surface area contributed by atoms with Gasteiger partial charge in [0.15, 0.2) is 0 Å². The number of hydrogen-bond donors (Lipinski definition) is 2. The average Bonchev–Trinajstić information content (AvgIpc) is 3.42. The predicted octanol–water partition coefficient (Wildman–Crippen LogP) is 4.66. The van der Waals surface area contributed by atoms with Gasteiger partial charge in [-0.15, -0.1) is 0 Å². The van der Waals surface area contributed by atoms with Crippen LogP contribution in [0.15, 0.2) is 42.7 Å².